The predicted octanol–water partition coefficient (Wildman–Crippen LogP) is 3.86. The second-order valence-electron chi connectivity index (χ2n) is 8.34. The van der Waals surface area contributed by atoms with Crippen LogP contribution >= 0.6 is 0 Å². The number of aromatic amines is 1. The van der Waals surface area contributed by atoms with Crippen LogP contribution in [0.2, 0.25) is 0 Å². The molecular weight excluding hydrogens is 515 g/mol. The van der Waals surface area contributed by atoms with E-state index in [1.54, 1.807) is 18.2 Å². The molecule has 0 saturated heterocycles. The third-order valence-corrected chi connectivity index (χ3v) is 7.72. The van der Waals surface area contributed by atoms with Crippen molar-refractivity contribution >= 4 is 26.9 Å². The van der Waals surface area contributed by atoms with Gasteiger partial charge in [0, 0.05) is 30.1 Å². The molecule has 0 bridgehead atoms. The van der Waals surface area contributed by atoms with Crippen molar-refractivity contribution in [1.82, 2.24) is 9.29 Å². The van der Waals surface area contributed by atoms with Crippen molar-refractivity contribution in [2.45, 2.75) is 18.0 Å². The summed E-state index contributed by atoms with van der Waals surface area (Å²) in [5.41, 5.74) is 0.713. The summed E-state index contributed by atoms with van der Waals surface area (Å²) in [5.74, 6) is -0.297. The Morgan fingerprint density at radius 1 is 0.921 bits per heavy atom. The van der Waals surface area contributed by atoms with Gasteiger partial charge in [-0.1, -0.05) is 18.2 Å². The molecule has 0 radical (unpaired) electrons. The summed E-state index contributed by atoms with van der Waals surface area (Å²) in [6, 6.07) is 15.7. The van der Waals surface area contributed by atoms with E-state index in [0.29, 0.717) is 28.0 Å². The van der Waals surface area contributed by atoms with Crippen molar-refractivity contribution in [1.29, 1.82) is 0 Å². The molecule has 0 spiro atoms. The SMILES string of the molecule is COC(=O)c1cccc(S(=O)(=O)N(Cc2ccc(F)cc2)Cc2cc3cc(OC)c(OC)cc3[nH]c2=O)c1. The highest BCUT2D eigenvalue weighted by atomic mass is 32.2. The van der Waals surface area contributed by atoms with Crippen LogP contribution in [0.25, 0.3) is 10.9 Å². The number of carbonyl (C=O) groups is 1. The first-order valence-corrected chi connectivity index (χ1v) is 12.8. The first kappa shape index (κ1) is 26.8. The Kier molecular flexibility index (Phi) is 7.79. The Morgan fingerprint density at radius 3 is 2.26 bits per heavy atom. The molecule has 1 N–H and O–H groups in total. The number of sulfonamides is 1. The van der Waals surface area contributed by atoms with Crippen LogP contribution in [-0.4, -0.2) is 45.0 Å². The fraction of sp³-hybridized carbons (Fsp3) is 0.185. The van der Waals surface area contributed by atoms with E-state index in [1.165, 1.54) is 69.9 Å². The van der Waals surface area contributed by atoms with Crippen LogP contribution in [0.1, 0.15) is 21.5 Å². The van der Waals surface area contributed by atoms with E-state index in [0.717, 1.165) is 4.31 Å². The molecular formula is C27H25FN2O7S. The second-order valence-corrected chi connectivity index (χ2v) is 10.3. The van der Waals surface area contributed by atoms with E-state index in [9.17, 15) is 22.4 Å². The van der Waals surface area contributed by atoms with Crippen molar-refractivity contribution in [3.63, 3.8) is 0 Å². The molecule has 9 nitrogen and oxygen atoms in total. The number of hydrogen-bond donors (Lipinski definition) is 1. The lowest BCUT2D eigenvalue weighted by molar-refractivity contribution is 0.0600. The van der Waals surface area contributed by atoms with Gasteiger partial charge >= 0.3 is 5.97 Å². The van der Waals surface area contributed by atoms with Gasteiger partial charge in [0.2, 0.25) is 10.0 Å². The monoisotopic (exact) mass is 540 g/mol. The lowest BCUT2D eigenvalue weighted by atomic mass is 10.1. The van der Waals surface area contributed by atoms with Crippen molar-refractivity contribution in [3.8, 4) is 11.5 Å². The Balaban J connectivity index is 1.80. The van der Waals surface area contributed by atoms with Crippen LogP contribution in [0, 0.1) is 5.82 Å². The summed E-state index contributed by atoms with van der Waals surface area (Å²) < 4.78 is 57.5. The van der Waals surface area contributed by atoms with Gasteiger partial charge in [0.15, 0.2) is 11.5 Å². The number of H-pyrrole nitrogens is 1. The highest BCUT2D eigenvalue weighted by Gasteiger charge is 2.27. The molecule has 0 aliphatic heterocycles. The predicted molar refractivity (Wildman–Crippen MR) is 138 cm³/mol. The fourth-order valence-corrected chi connectivity index (χ4v) is 5.41. The van der Waals surface area contributed by atoms with E-state index in [2.05, 4.69) is 4.98 Å². The smallest absolute Gasteiger partial charge is 0.337 e. The number of esters is 1. The number of carbonyl (C=O) groups excluding carboxylic acids is 1. The summed E-state index contributed by atoms with van der Waals surface area (Å²) in [6.45, 7) is -0.462. The minimum atomic E-state index is -4.23. The molecule has 1 aromatic heterocycles. The average molecular weight is 541 g/mol. The summed E-state index contributed by atoms with van der Waals surface area (Å²) in [4.78, 5) is 27.6. The van der Waals surface area contributed by atoms with Crippen molar-refractivity contribution in [2.24, 2.45) is 0 Å². The van der Waals surface area contributed by atoms with Gasteiger partial charge in [-0.2, -0.15) is 4.31 Å². The number of aromatic nitrogens is 1. The molecule has 0 fully saturated rings. The van der Waals surface area contributed by atoms with Crippen LogP contribution in [0.4, 0.5) is 4.39 Å². The first-order valence-electron chi connectivity index (χ1n) is 11.4. The number of rotatable bonds is 9. The van der Waals surface area contributed by atoms with Gasteiger partial charge in [0.25, 0.3) is 5.56 Å². The zero-order chi connectivity index (χ0) is 27.4. The number of hydrogen-bond acceptors (Lipinski definition) is 7. The van der Waals surface area contributed by atoms with E-state index >= 15 is 0 Å². The summed E-state index contributed by atoms with van der Waals surface area (Å²) in [6.07, 6.45) is 0. The Morgan fingerprint density at radius 2 is 1.61 bits per heavy atom. The number of nitrogens with one attached hydrogen (secondary N) is 1. The maximum absolute atomic E-state index is 13.8. The fourth-order valence-electron chi connectivity index (χ4n) is 3.96. The van der Waals surface area contributed by atoms with Gasteiger partial charge < -0.3 is 19.2 Å². The van der Waals surface area contributed by atoms with Gasteiger partial charge in [0.1, 0.15) is 5.82 Å². The zero-order valence-electron chi connectivity index (χ0n) is 20.9. The third-order valence-electron chi connectivity index (χ3n) is 5.94. The maximum atomic E-state index is 13.8. The quantitative estimate of drug-likeness (QED) is 0.321. The molecule has 0 saturated carbocycles. The molecule has 3 aromatic carbocycles. The van der Waals surface area contributed by atoms with Crippen LogP contribution < -0.4 is 15.0 Å². The van der Waals surface area contributed by atoms with Crippen LogP contribution in [0.5, 0.6) is 11.5 Å². The van der Waals surface area contributed by atoms with Gasteiger partial charge in [-0.15, -0.1) is 0 Å². The van der Waals surface area contributed by atoms with E-state index < -0.39 is 27.4 Å². The average Bonchev–Trinajstić information content (AvgIpc) is 2.93. The first-order chi connectivity index (χ1) is 18.2. The lowest BCUT2D eigenvalue weighted by Crippen LogP contribution is -2.32. The molecule has 4 aromatic rings. The number of ether oxygens (including phenoxy) is 3. The highest BCUT2D eigenvalue weighted by molar-refractivity contribution is 7.89. The topological polar surface area (TPSA) is 115 Å². The molecule has 198 valence electrons. The van der Waals surface area contributed by atoms with Gasteiger partial charge in [0.05, 0.1) is 37.3 Å². The molecule has 0 atom stereocenters. The van der Waals surface area contributed by atoms with Crippen molar-refractivity contribution in [2.75, 3.05) is 21.3 Å². The molecule has 1 heterocycles. The minimum absolute atomic E-state index is 0.0555. The largest absolute Gasteiger partial charge is 0.493 e. The zero-order valence-corrected chi connectivity index (χ0v) is 21.7. The molecule has 0 aliphatic rings. The Bertz CT molecular complexity index is 1650. The van der Waals surface area contributed by atoms with Crippen molar-refractivity contribution < 1.29 is 31.8 Å². The molecule has 11 heteroatoms. The van der Waals surface area contributed by atoms with Crippen LogP contribution in [0.15, 0.2) is 76.4 Å². The molecule has 38 heavy (non-hydrogen) atoms. The third kappa shape index (κ3) is 5.53. The lowest BCUT2D eigenvalue weighted by Gasteiger charge is -2.23. The normalized spacial score (nSPS) is 11.5. The van der Waals surface area contributed by atoms with Crippen molar-refractivity contribution in [3.05, 3.63) is 99.6 Å². The highest BCUT2D eigenvalue weighted by Crippen LogP contribution is 2.31. The van der Waals surface area contributed by atoms with Gasteiger partial charge in [-0.05, 0) is 48.0 Å². The molecule has 0 amide bonds. The number of pyridine rings is 1. The van der Waals surface area contributed by atoms with E-state index in [-0.39, 0.29) is 29.1 Å². The number of methoxy groups -OCH3 is 3. The number of nitrogens with zero attached hydrogens (tertiary/aromatic N) is 1. The molecule has 0 aliphatic carbocycles. The van der Waals surface area contributed by atoms with Gasteiger partial charge in [-0.3, -0.25) is 4.79 Å². The maximum Gasteiger partial charge on any atom is 0.337 e. The Labute approximate surface area is 218 Å². The summed E-state index contributed by atoms with van der Waals surface area (Å²) in [5, 5.41) is 0.601. The Hall–Kier alpha value is -4.22. The summed E-state index contributed by atoms with van der Waals surface area (Å²) >= 11 is 0. The minimum Gasteiger partial charge on any atom is -0.493 e. The standard InChI is InChI=1S/C27H25FN2O7S/c1-35-24-13-19-11-20(26(31)29-23(19)14-25(24)36-2)16-30(15-17-7-9-21(28)10-8-17)38(33,34)22-6-4-5-18(12-22)27(32)37-3/h4-14H,15-16H2,1-3H3,(H,29,31). The molecule has 4 rings (SSSR count). The molecule has 0 unspecified atom stereocenters. The number of fused-ring (bicyclic) bond motifs is 1. The van der Waals surface area contributed by atoms with Crippen LogP contribution in [0.3, 0.4) is 0 Å². The van der Waals surface area contributed by atoms with E-state index in [4.69, 9.17) is 14.2 Å². The summed E-state index contributed by atoms with van der Waals surface area (Å²) in [7, 11) is -0.0780. The van der Waals surface area contributed by atoms with E-state index in [1.807, 2.05) is 0 Å². The second kappa shape index (κ2) is 11.0. The van der Waals surface area contributed by atoms with Gasteiger partial charge in [-0.25, -0.2) is 17.6 Å². The number of halogens is 1. The number of benzene rings is 3. The van der Waals surface area contributed by atoms with Crippen LogP contribution in [-0.2, 0) is 27.8 Å².